The maximum absolute atomic E-state index is 15.3. The normalized spacial score (nSPS) is 13.6. The van der Waals surface area contributed by atoms with E-state index in [9.17, 15) is 22.8 Å². The maximum atomic E-state index is 15.3. The van der Waals surface area contributed by atoms with Gasteiger partial charge in [-0.15, -0.1) is 0 Å². The van der Waals surface area contributed by atoms with Crippen LogP contribution in [-0.2, 0) is 4.74 Å². The van der Waals surface area contributed by atoms with E-state index in [0.717, 1.165) is 17.8 Å². The Balaban J connectivity index is 1.49. The number of pyridine rings is 1. The predicted molar refractivity (Wildman–Crippen MR) is 129 cm³/mol. The molecular formula is C27H19F4N3O3. The average Bonchev–Trinajstić information content (AvgIpc) is 2.91. The standard InChI is InChI=1S/C27H19F4N3O3/c28-18-3-1-2-16(11-18)27(36)33-22-13-20(29)24(30)23(25(22)31)26(35)15-4-5-21-17(10-15)12-19(14-32-21)34-6-8-37-9-7-34/h1-5,10-14H,6-9H2,(H,33,36). The predicted octanol–water partition coefficient (Wildman–Crippen LogP) is 5.11. The van der Waals surface area contributed by atoms with Crippen LogP contribution in [0.4, 0.5) is 28.9 Å². The molecule has 1 fully saturated rings. The Morgan fingerprint density at radius 2 is 1.68 bits per heavy atom. The number of aromatic nitrogens is 1. The summed E-state index contributed by atoms with van der Waals surface area (Å²) in [7, 11) is 0. The van der Waals surface area contributed by atoms with Crippen molar-refractivity contribution in [1.29, 1.82) is 0 Å². The SMILES string of the molecule is O=C(Nc1cc(F)c(F)c(C(=O)c2ccc3ncc(N4CCOCC4)cc3c2)c1F)c1cccc(F)c1. The second kappa shape index (κ2) is 9.98. The van der Waals surface area contributed by atoms with Crippen LogP contribution in [0.2, 0.25) is 0 Å². The molecule has 0 saturated carbocycles. The molecule has 3 aromatic carbocycles. The van der Waals surface area contributed by atoms with Crippen LogP contribution in [0.5, 0.6) is 0 Å². The molecule has 4 aromatic rings. The summed E-state index contributed by atoms with van der Waals surface area (Å²) in [5.74, 6) is -7.46. The van der Waals surface area contributed by atoms with Crippen LogP contribution in [-0.4, -0.2) is 43.0 Å². The lowest BCUT2D eigenvalue weighted by Gasteiger charge is -2.28. The van der Waals surface area contributed by atoms with Gasteiger partial charge in [0.05, 0.1) is 41.9 Å². The van der Waals surface area contributed by atoms with Gasteiger partial charge in [0.15, 0.2) is 23.2 Å². The van der Waals surface area contributed by atoms with E-state index >= 15 is 4.39 Å². The van der Waals surface area contributed by atoms with Gasteiger partial charge in [-0.2, -0.15) is 0 Å². The zero-order valence-corrected chi connectivity index (χ0v) is 19.2. The van der Waals surface area contributed by atoms with Crippen molar-refractivity contribution in [2.75, 3.05) is 36.5 Å². The number of nitrogens with one attached hydrogen (secondary N) is 1. The van der Waals surface area contributed by atoms with Crippen molar-refractivity contribution in [3.05, 3.63) is 101 Å². The number of benzene rings is 3. The number of carbonyl (C=O) groups is 2. The zero-order valence-electron chi connectivity index (χ0n) is 19.2. The lowest BCUT2D eigenvalue weighted by atomic mass is 9.99. The third-order valence-corrected chi connectivity index (χ3v) is 6.02. The van der Waals surface area contributed by atoms with Crippen LogP contribution >= 0.6 is 0 Å². The van der Waals surface area contributed by atoms with Crippen molar-refractivity contribution in [2.45, 2.75) is 0 Å². The van der Waals surface area contributed by atoms with Crippen molar-refractivity contribution in [3.8, 4) is 0 Å². The van der Waals surface area contributed by atoms with Crippen molar-refractivity contribution < 1.29 is 31.9 Å². The van der Waals surface area contributed by atoms with Crippen LogP contribution in [0, 0.1) is 23.3 Å². The summed E-state index contributed by atoms with van der Waals surface area (Å²) in [4.78, 5) is 32.0. The van der Waals surface area contributed by atoms with Gasteiger partial charge in [0.25, 0.3) is 5.91 Å². The zero-order chi connectivity index (χ0) is 26.1. The van der Waals surface area contributed by atoms with E-state index in [4.69, 9.17) is 4.74 Å². The highest BCUT2D eigenvalue weighted by Crippen LogP contribution is 2.29. The number of ether oxygens (including phenoxy) is 1. The number of ketones is 1. The van der Waals surface area contributed by atoms with Crippen molar-refractivity contribution in [2.24, 2.45) is 0 Å². The molecule has 0 spiro atoms. The van der Waals surface area contributed by atoms with E-state index in [1.54, 1.807) is 12.3 Å². The second-order valence-corrected chi connectivity index (χ2v) is 8.40. The van der Waals surface area contributed by atoms with Gasteiger partial charge < -0.3 is 15.0 Å². The van der Waals surface area contributed by atoms with Gasteiger partial charge in [-0.05, 0) is 42.5 Å². The summed E-state index contributed by atoms with van der Waals surface area (Å²) < 4.78 is 63.1. The minimum atomic E-state index is -1.69. The molecule has 6 nitrogen and oxygen atoms in total. The number of hydrogen-bond acceptors (Lipinski definition) is 5. The molecule has 0 unspecified atom stereocenters. The molecule has 1 aliphatic heterocycles. The number of morpholine rings is 1. The fourth-order valence-electron chi connectivity index (χ4n) is 4.12. The molecule has 1 N–H and O–H groups in total. The molecule has 0 aliphatic carbocycles. The topological polar surface area (TPSA) is 71.5 Å². The van der Waals surface area contributed by atoms with Crippen LogP contribution in [0.1, 0.15) is 26.3 Å². The smallest absolute Gasteiger partial charge is 0.255 e. The minimum absolute atomic E-state index is 0.0979. The van der Waals surface area contributed by atoms with E-state index in [1.807, 2.05) is 0 Å². The fraction of sp³-hybridized carbons (Fsp3) is 0.148. The number of rotatable bonds is 5. The molecule has 37 heavy (non-hydrogen) atoms. The highest BCUT2D eigenvalue weighted by atomic mass is 19.2. The lowest BCUT2D eigenvalue weighted by molar-refractivity contribution is 0.101. The molecule has 1 saturated heterocycles. The number of carbonyl (C=O) groups excluding carboxylic acids is 2. The van der Waals surface area contributed by atoms with Gasteiger partial charge in [-0.1, -0.05) is 6.07 Å². The molecule has 1 aliphatic rings. The summed E-state index contributed by atoms with van der Waals surface area (Å²) in [6.07, 6.45) is 1.69. The number of hydrogen-bond donors (Lipinski definition) is 1. The Hall–Kier alpha value is -4.31. The number of anilines is 2. The summed E-state index contributed by atoms with van der Waals surface area (Å²) in [6.45, 7) is 2.45. The molecule has 5 rings (SSSR count). The molecule has 0 bridgehead atoms. The molecule has 0 radical (unpaired) electrons. The van der Waals surface area contributed by atoms with E-state index in [-0.39, 0.29) is 11.1 Å². The highest BCUT2D eigenvalue weighted by molar-refractivity contribution is 6.12. The number of nitrogens with zero attached hydrogens (tertiary/aromatic N) is 2. The lowest BCUT2D eigenvalue weighted by Crippen LogP contribution is -2.36. The van der Waals surface area contributed by atoms with Crippen molar-refractivity contribution in [1.82, 2.24) is 4.98 Å². The second-order valence-electron chi connectivity index (χ2n) is 8.40. The van der Waals surface area contributed by atoms with Gasteiger partial charge >= 0.3 is 0 Å². The first-order chi connectivity index (χ1) is 17.8. The molecule has 2 heterocycles. The van der Waals surface area contributed by atoms with E-state index in [0.29, 0.717) is 43.3 Å². The maximum Gasteiger partial charge on any atom is 0.255 e. The highest BCUT2D eigenvalue weighted by Gasteiger charge is 2.27. The first-order valence-electron chi connectivity index (χ1n) is 11.3. The molecule has 1 aromatic heterocycles. The summed E-state index contributed by atoms with van der Waals surface area (Å²) in [5, 5.41) is 2.62. The molecule has 188 valence electrons. The summed E-state index contributed by atoms with van der Waals surface area (Å²) >= 11 is 0. The number of fused-ring (bicyclic) bond motifs is 1. The van der Waals surface area contributed by atoms with Gasteiger partial charge in [-0.3, -0.25) is 14.6 Å². The van der Waals surface area contributed by atoms with Crippen LogP contribution in [0.25, 0.3) is 10.9 Å². The van der Waals surface area contributed by atoms with E-state index in [1.165, 1.54) is 30.3 Å². The Bertz CT molecular complexity index is 1540. The number of amides is 1. The van der Waals surface area contributed by atoms with Gasteiger partial charge in [0.2, 0.25) is 0 Å². The van der Waals surface area contributed by atoms with Gasteiger partial charge in [0.1, 0.15) is 5.82 Å². The van der Waals surface area contributed by atoms with Crippen molar-refractivity contribution in [3.63, 3.8) is 0 Å². The van der Waals surface area contributed by atoms with Crippen LogP contribution < -0.4 is 10.2 Å². The monoisotopic (exact) mass is 509 g/mol. The third-order valence-electron chi connectivity index (χ3n) is 6.02. The molecule has 0 atom stereocenters. The molecule has 1 amide bonds. The van der Waals surface area contributed by atoms with Crippen molar-refractivity contribution >= 4 is 34.0 Å². The largest absolute Gasteiger partial charge is 0.378 e. The molecule has 10 heteroatoms. The van der Waals surface area contributed by atoms with Crippen LogP contribution in [0.3, 0.4) is 0 Å². The first kappa shape index (κ1) is 24.4. The fourth-order valence-corrected chi connectivity index (χ4v) is 4.12. The van der Waals surface area contributed by atoms with Gasteiger partial charge in [0, 0.05) is 35.7 Å². The minimum Gasteiger partial charge on any atom is -0.378 e. The number of halogens is 4. The van der Waals surface area contributed by atoms with Crippen LogP contribution in [0.15, 0.2) is 60.8 Å². The first-order valence-corrected chi connectivity index (χ1v) is 11.3. The quantitative estimate of drug-likeness (QED) is 0.230. The molecular weight excluding hydrogens is 490 g/mol. The Morgan fingerprint density at radius 3 is 2.43 bits per heavy atom. The Morgan fingerprint density at radius 1 is 0.892 bits per heavy atom. The summed E-state index contributed by atoms with van der Waals surface area (Å²) in [5.41, 5.74) is -0.836. The Labute approximate surface area is 208 Å². The van der Waals surface area contributed by atoms with Gasteiger partial charge in [-0.25, -0.2) is 17.6 Å². The van der Waals surface area contributed by atoms with E-state index < -0.39 is 46.2 Å². The van der Waals surface area contributed by atoms with E-state index in [2.05, 4.69) is 15.2 Å². The average molecular weight is 509 g/mol. The summed E-state index contributed by atoms with van der Waals surface area (Å²) in [6, 6.07) is 11.0. The Kier molecular flexibility index (Phi) is 6.58. The third kappa shape index (κ3) is 4.88.